The molecule has 12 heteroatoms. The van der Waals surface area contributed by atoms with Crippen LogP contribution in [0.1, 0.15) is 212 Å². The molecule has 12 nitrogen and oxygen atoms in total. The van der Waals surface area contributed by atoms with Crippen molar-refractivity contribution >= 4 is 30.0 Å². The predicted molar refractivity (Wildman–Crippen MR) is 256 cm³/mol. The highest BCUT2D eigenvalue weighted by molar-refractivity contribution is 5.77. The van der Waals surface area contributed by atoms with E-state index in [1.54, 1.807) is 0 Å². The maximum Gasteiger partial charge on any atom is 0.508 e. The molecular weight excluding hydrogens is 853 g/mol. The van der Waals surface area contributed by atoms with Gasteiger partial charge in [-0.2, -0.15) is 0 Å². The number of ether oxygens (including phenoxy) is 6. The number of aliphatic hydroxyl groups excluding tert-OH is 1. The van der Waals surface area contributed by atoms with Crippen molar-refractivity contribution in [2.24, 2.45) is 63.1 Å². The minimum atomic E-state index is -0.703. The normalized spacial score (nSPS) is 33.9. The lowest BCUT2D eigenvalue weighted by molar-refractivity contribution is -0.213. The van der Waals surface area contributed by atoms with Crippen LogP contribution in [0.25, 0.3) is 0 Å². The van der Waals surface area contributed by atoms with Gasteiger partial charge in [0, 0.05) is 0 Å². The van der Waals surface area contributed by atoms with Crippen molar-refractivity contribution in [1.29, 1.82) is 0 Å². The third-order valence-corrected chi connectivity index (χ3v) is 18.2. The van der Waals surface area contributed by atoms with Crippen LogP contribution in [-0.2, 0) is 47.6 Å². The summed E-state index contributed by atoms with van der Waals surface area (Å²) in [5.74, 6) is 4.16. The van der Waals surface area contributed by atoms with Gasteiger partial charge in [0.1, 0.15) is 30.5 Å². The lowest BCUT2D eigenvalue weighted by atomic mass is 9.50. The molecule has 9 aliphatic carbocycles. The Kier molecular flexibility index (Phi) is 18.1. The summed E-state index contributed by atoms with van der Waals surface area (Å²) < 4.78 is 32.0. The van der Waals surface area contributed by atoms with Crippen LogP contribution < -0.4 is 0 Å². The van der Waals surface area contributed by atoms with Gasteiger partial charge in [0.25, 0.3) is 0 Å². The zero-order chi connectivity index (χ0) is 49.8. The first-order valence-corrected chi connectivity index (χ1v) is 26.6. The third kappa shape index (κ3) is 13.5. The van der Waals surface area contributed by atoms with Crippen LogP contribution in [0, 0.1) is 63.1 Å². The van der Waals surface area contributed by atoms with E-state index in [-0.39, 0.29) is 76.7 Å². The van der Waals surface area contributed by atoms with E-state index in [1.807, 2.05) is 76.2 Å². The highest BCUT2D eigenvalue weighted by atomic mass is 16.8. The van der Waals surface area contributed by atoms with Crippen molar-refractivity contribution in [1.82, 2.24) is 0 Å². The maximum atomic E-state index is 12.5. The molecule has 1 aliphatic heterocycles. The van der Waals surface area contributed by atoms with E-state index in [2.05, 4.69) is 18.6 Å². The van der Waals surface area contributed by atoms with E-state index >= 15 is 0 Å². The summed E-state index contributed by atoms with van der Waals surface area (Å²) in [5, 5.41) is 10.2. The molecule has 3 unspecified atom stereocenters. The average molecular weight is 945 g/mol. The van der Waals surface area contributed by atoms with Crippen molar-refractivity contribution in [3.05, 3.63) is 0 Å². The van der Waals surface area contributed by atoms with Gasteiger partial charge in [0.2, 0.25) is 0 Å². The minimum Gasteiger partial charge on any atom is -0.462 e. The van der Waals surface area contributed by atoms with Crippen LogP contribution >= 0.6 is 0 Å². The van der Waals surface area contributed by atoms with Crippen LogP contribution in [0.5, 0.6) is 0 Å². The van der Waals surface area contributed by atoms with E-state index in [0.717, 1.165) is 76.0 Å². The smallest absolute Gasteiger partial charge is 0.462 e. The molecule has 0 aromatic heterocycles. The Morgan fingerprint density at radius 2 is 1.07 bits per heavy atom. The Bertz CT molecular complexity index is 1660. The Balaban J connectivity index is 0.000000169. The molecule has 1 heterocycles. The molecule has 0 aromatic carbocycles. The number of esters is 4. The van der Waals surface area contributed by atoms with Crippen molar-refractivity contribution in [2.45, 2.75) is 242 Å². The van der Waals surface area contributed by atoms with E-state index in [4.69, 9.17) is 23.7 Å². The number of cyclic esters (lactones) is 2. The van der Waals surface area contributed by atoms with Gasteiger partial charge in [0.15, 0.2) is 6.10 Å². The van der Waals surface area contributed by atoms with Gasteiger partial charge < -0.3 is 33.5 Å². The number of carbonyl (C=O) groups excluding carboxylic acids is 5. The molecule has 10 fully saturated rings. The van der Waals surface area contributed by atoms with E-state index < -0.39 is 17.7 Å². The maximum absolute atomic E-state index is 12.5. The fourth-order valence-corrected chi connectivity index (χ4v) is 11.9. The molecule has 3 atom stereocenters. The Morgan fingerprint density at radius 1 is 0.612 bits per heavy atom. The molecule has 0 amide bonds. The van der Waals surface area contributed by atoms with Gasteiger partial charge in [-0.1, -0.05) is 34.1 Å². The number of hydrogen-bond donors (Lipinski definition) is 1. The van der Waals surface area contributed by atoms with E-state index in [0.29, 0.717) is 36.0 Å². The summed E-state index contributed by atoms with van der Waals surface area (Å²) in [6, 6.07) is 0. The van der Waals surface area contributed by atoms with Gasteiger partial charge in [-0.15, -0.1) is 0 Å². The number of aliphatic hydroxyl groups is 1. The summed E-state index contributed by atoms with van der Waals surface area (Å²) in [6.07, 6.45) is 19.6. The van der Waals surface area contributed by atoms with Gasteiger partial charge in [0.05, 0.1) is 27.8 Å². The molecule has 0 spiro atoms. The quantitative estimate of drug-likeness (QED) is 0.138. The van der Waals surface area contributed by atoms with E-state index in [9.17, 15) is 29.1 Å². The lowest BCUT2D eigenvalue weighted by Crippen LogP contribution is -2.59. The lowest BCUT2D eigenvalue weighted by Gasteiger charge is -2.59. The van der Waals surface area contributed by atoms with Gasteiger partial charge in [-0.25, -0.2) is 4.79 Å². The van der Waals surface area contributed by atoms with Crippen LogP contribution in [0.2, 0.25) is 0 Å². The zero-order valence-corrected chi connectivity index (χ0v) is 44.1. The van der Waals surface area contributed by atoms with Gasteiger partial charge in [-0.05, 0) is 219 Å². The standard InChI is InChI=1S/C17H28O2.C16H26O3.C12H22O2.C10H16O5/c1-5-16(2,3)15(18)19-17(4)13-7-11-6-12(9-13)10-14(17)8-11;1-4-15(2,3)14(18)19-16-7-10-5-11(8-16)13(17)12(6-10)9-16;1-4-12(2,3)11(13)14-10-8-6-5-7-9-10;1-4-10(2,3)8(11)13-5-7-6-14-9(12)15-7/h11-14H,5-10H2,1-4H3;10-13,17H,4-9H2,1-3H3;10H,4-9H2,1-3H3;7H,4-6H2,1-3H3. The van der Waals surface area contributed by atoms with Crippen LogP contribution in [0.3, 0.4) is 0 Å². The van der Waals surface area contributed by atoms with E-state index in [1.165, 1.54) is 51.4 Å². The summed E-state index contributed by atoms with van der Waals surface area (Å²) in [6.45, 7) is 26.0. The molecule has 10 rings (SSSR count). The summed E-state index contributed by atoms with van der Waals surface area (Å²) in [4.78, 5) is 58.7. The molecule has 8 bridgehead atoms. The molecule has 0 radical (unpaired) electrons. The Hall–Kier alpha value is -2.89. The Morgan fingerprint density at radius 3 is 1.54 bits per heavy atom. The average Bonchev–Trinajstić information content (AvgIpc) is 3.71. The summed E-state index contributed by atoms with van der Waals surface area (Å²) in [7, 11) is 0. The topological polar surface area (TPSA) is 161 Å². The molecule has 384 valence electrons. The van der Waals surface area contributed by atoms with Crippen molar-refractivity contribution in [2.75, 3.05) is 13.2 Å². The first-order valence-electron chi connectivity index (χ1n) is 26.6. The third-order valence-electron chi connectivity index (χ3n) is 18.2. The molecule has 1 saturated heterocycles. The highest BCUT2D eigenvalue weighted by Crippen LogP contribution is 2.60. The predicted octanol–water partition coefficient (Wildman–Crippen LogP) is 11.9. The van der Waals surface area contributed by atoms with Crippen LogP contribution in [-0.4, -0.2) is 77.9 Å². The zero-order valence-electron chi connectivity index (χ0n) is 44.1. The largest absolute Gasteiger partial charge is 0.508 e. The second kappa shape index (κ2) is 22.0. The number of carbonyl (C=O) groups is 5. The minimum absolute atomic E-state index is 0.0185. The van der Waals surface area contributed by atoms with Crippen molar-refractivity contribution in [3.63, 3.8) is 0 Å². The fraction of sp³-hybridized carbons (Fsp3) is 0.909. The van der Waals surface area contributed by atoms with Gasteiger partial charge >= 0.3 is 30.0 Å². The first-order chi connectivity index (χ1) is 31.2. The van der Waals surface area contributed by atoms with Crippen molar-refractivity contribution in [3.8, 4) is 0 Å². The molecule has 9 saturated carbocycles. The van der Waals surface area contributed by atoms with Gasteiger partial charge in [-0.3, -0.25) is 19.2 Å². The summed E-state index contributed by atoms with van der Waals surface area (Å²) >= 11 is 0. The molecule has 0 aromatic rings. The SMILES string of the molecule is CCC(C)(C)C(=O)OC1(C)C2CC3CC(C2)CC1C3.CCC(C)(C)C(=O)OC12CC3CC(C1)C(O)C(C3)C2.CCC(C)(C)C(=O)OC1CCCCC1.CCC(C)(C)C(=O)OCC1COC(=O)O1. The molecule has 10 aliphatic rings. The monoisotopic (exact) mass is 945 g/mol. The molecule has 1 N–H and O–H groups in total. The van der Waals surface area contributed by atoms with Crippen molar-refractivity contribution < 1.29 is 57.5 Å². The highest BCUT2D eigenvalue weighted by Gasteiger charge is 2.59. The number of rotatable bonds is 13. The van der Waals surface area contributed by atoms with Crippen LogP contribution in [0.4, 0.5) is 4.79 Å². The first kappa shape index (κ1) is 55.0. The molecular formula is C55H92O12. The molecule has 67 heavy (non-hydrogen) atoms. The second-order valence-corrected chi connectivity index (χ2v) is 24.9. The number of hydrogen-bond acceptors (Lipinski definition) is 12. The van der Waals surface area contributed by atoms with Crippen LogP contribution in [0.15, 0.2) is 0 Å². The summed E-state index contributed by atoms with van der Waals surface area (Å²) in [5.41, 5.74) is -1.95. The second-order valence-electron chi connectivity index (χ2n) is 24.9. The fourth-order valence-electron chi connectivity index (χ4n) is 11.9. The Labute approximate surface area is 404 Å².